The molecule has 2 heterocycles. The van der Waals surface area contributed by atoms with E-state index in [1.165, 1.54) is 27.8 Å². The van der Waals surface area contributed by atoms with Crippen LogP contribution in [0.3, 0.4) is 0 Å². The van der Waals surface area contributed by atoms with Crippen molar-refractivity contribution in [3.05, 3.63) is 77.7 Å². The van der Waals surface area contributed by atoms with E-state index in [2.05, 4.69) is 4.98 Å². The summed E-state index contributed by atoms with van der Waals surface area (Å²) in [6.45, 7) is 4.69. The minimum atomic E-state index is -3.61. The number of thiazole rings is 1. The number of aryl methyl sites for hydroxylation is 1. The standard InChI is InChI=1S/C25H27N3O4S2/c1-4-5-14-27(3)34(30,31)21-11-9-19(10-12-21)24(29)28(17-20-7-6-15-32-20)25-26-22-13-8-18(2)16-23(22)33-25/h6-13,15-16H,4-5,14,17H2,1-3H3. The average Bonchev–Trinajstić information content (AvgIpc) is 3.49. The molecule has 0 aliphatic rings. The van der Waals surface area contributed by atoms with E-state index in [-0.39, 0.29) is 17.3 Å². The molecule has 34 heavy (non-hydrogen) atoms. The minimum Gasteiger partial charge on any atom is -0.467 e. The summed E-state index contributed by atoms with van der Waals surface area (Å²) in [5.74, 6) is 0.344. The van der Waals surface area contributed by atoms with Crippen molar-refractivity contribution in [1.29, 1.82) is 0 Å². The molecule has 178 valence electrons. The number of benzene rings is 2. The number of anilines is 1. The van der Waals surface area contributed by atoms with Crippen molar-refractivity contribution in [3.8, 4) is 0 Å². The van der Waals surface area contributed by atoms with E-state index in [0.717, 1.165) is 28.6 Å². The third-order valence-electron chi connectivity index (χ3n) is 5.54. The Morgan fingerprint density at radius 1 is 1.12 bits per heavy atom. The molecular weight excluding hydrogens is 470 g/mol. The van der Waals surface area contributed by atoms with E-state index >= 15 is 0 Å². The number of carbonyl (C=O) groups is 1. The van der Waals surface area contributed by atoms with Crippen molar-refractivity contribution in [2.24, 2.45) is 0 Å². The van der Waals surface area contributed by atoms with Crippen LogP contribution in [0.1, 0.15) is 41.4 Å². The number of fused-ring (bicyclic) bond motifs is 1. The van der Waals surface area contributed by atoms with Crippen molar-refractivity contribution in [2.45, 2.75) is 38.1 Å². The van der Waals surface area contributed by atoms with E-state index in [1.54, 1.807) is 42.5 Å². The molecule has 7 nitrogen and oxygen atoms in total. The number of aromatic nitrogens is 1. The monoisotopic (exact) mass is 497 g/mol. The normalized spacial score (nSPS) is 11.9. The fourth-order valence-corrected chi connectivity index (χ4v) is 5.80. The fraction of sp³-hybridized carbons (Fsp3) is 0.280. The Kier molecular flexibility index (Phi) is 7.16. The maximum atomic E-state index is 13.5. The van der Waals surface area contributed by atoms with Crippen LogP contribution in [0.4, 0.5) is 5.13 Å². The van der Waals surface area contributed by atoms with E-state index in [0.29, 0.717) is 23.0 Å². The minimum absolute atomic E-state index is 0.163. The van der Waals surface area contributed by atoms with Gasteiger partial charge in [-0.1, -0.05) is 30.7 Å². The molecule has 2 aromatic heterocycles. The topological polar surface area (TPSA) is 83.7 Å². The quantitative estimate of drug-likeness (QED) is 0.306. The zero-order chi connectivity index (χ0) is 24.3. The maximum Gasteiger partial charge on any atom is 0.260 e. The second-order valence-corrected chi connectivity index (χ2v) is 11.2. The molecule has 0 fully saturated rings. The lowest BCUT2D eigenvalue weighted by atomic mass is 10.2. The van der Waals surface area contributed by atoms with Gasteiger partial charge in [-0.15, -0.1) is 0 Å². The summed E-state index contributed by atoms with van der Waals surface area (Å²) in [6.07, 6.45) is 3.26. The molecule has 4 rings (SSSR count). The van der Waals surface area contributed by atoms with Crippen molar-refractivity contribution in [3.63, 3.8) is 0 Å². The van der Waals surface area contributed by atoms with Gasteiger partial charge in [0.15, 0.2) is 5.13 Å². The van der Waals surface area contributed by atoms with Gasteiger partial charge in [0, 0.05) is 19.2 Å². The van der Waals surface area contributed by atoms with Gasteiger partial charge in [0.2, 0.25) is 10.0 Å². The number of rotatable bonds is 9. The summed E-state index contributed by atoms with van der Waals surface area (Å²) < 4.78 is 33.5. The molecule has 4 aromatic rings. The van der Waals surface area contributed by atoms with Crippen LogP contribution < -0.4 is 4.90 Å². The molecule has 0 spiro atoms. The van der Waals surface area contributed by atoms with Crippen LogP contribution in [-0.2, 0) is 16.6 Å². The Bertz CT molecular complexity index is 1380. The third-order valence-corrected chi connectivity index (χ3v) is 8.45. The Morgan fingerprint density at radius 3 is 2.56 bits per heavy atom. The highest BCUT2D eigenvalue weighted by molar-refractivity contribution is 7.89. The number of carbonyl (C=O) groups excluding carboxylic acids is 1. The predicted molar refractivity (Wildman–Crippen MR) is 135 cm³/mol. The molecule has 0 saturated carbocycles. The highest BCUT2D eigenvalue weighted by Crippen LogP contribution is 2.31. The van der Waals surface area contributed by atoms with Crippen LogP contribution in [0.25, 0.3) is 10.2 Å². The lowest BCUT2D eigenvalue weighted by Gasteiger charge is -2.20. The molecule has 0 atom stereocenters. The van der Waals surface area contributed by atoms with Gasteiger partial charge in [-0.05, 0) is 67.4 Å². The summed E-state index contributed by atoms with van der Waals surface area (Å²) >= 11 is 1.43. The van der Waals surface area contributed by atoms with Crippen LogP contribution in [0.2, 0.25) is 0 Å². The van der Waals surface area contributed by atoms with E-state index in [9.17, 15) is 13.2 Å². The first-order chi connectivity index (χ1) is 16.3. The molecule has 0 radical (unpaired) electrons. The van der Waals surface area contributed by atoms with E-state index in [1.807, 2.05) is 32.0 Å². The predicted octanol–water partition coefficient (Wildman–Crippen LogP) is 5.47. The Hall–Kier alpha value is -3.01. The second-order valence-electron chi connectivity index (χ2n) is 8.14. The molecule has 0 saturated heterocycles. The van der Waals surface area contributed by atoms with Crippen LogP contribution in [0.5, 0.6) is 0 Å². The first-order valence-corrected chi connectivity index (χ1v) is 13.3. The highest BCUT2D eigenvalue weighted by atomic mass is 32.2. The molecular formula is C25H27N3O4S2. The van der Waals surface area contributed by atoms with E-state index in [4.69, 9.17) is 4.42 Å². The summed E-state index contributed by atoms with van der Waals surface area (Å²) in [5, 5.41) is 0.554. The molecule has 0 aliphatic heterocycles. The SMILES string of the molecule is CCCCN(C)S(=O)(=O)c1ccc(C(=O)N(Cc2ccco2)c2nc3ccc(C)cc3s2)cc1. The molecule has 1 amide bonds. The molecule has 0 N–H and O–H groups in total. The van der Waals surface area contributed by atoms with Crippen LogP contribution in [0.15, 0.2) is 70.2 Å². The van der Waals surface area contributed by atoms with Gasteiger partial charge >= 0.3 is 0 Å². The Labute approximate surface area is 203 Å². The Morgan fingerprint density at radius 2 is 1.88 bits per heavy atom. The van der Waals surface area contributed by atoms with Crippen LogP contribution >= 0.6 is 11.3 Å². The van der Waals surface area contributed by atoms with Gasteiger partial charge in [-0.3, -0.25) is 9.69 Å². The van der Waals surface area contributed by atoms with Crippen LogP contribution in [-0.4, -0.2) is 37.2 Å². The van der Waals surface area contributed by atoms with Crippen LogP contribution in [0, 0.1) is 6.92 Å². The largest absolute Gasteiger partial charge is 0.467 e. The van der Waals surface area contributed by atoms with Crippen molar-refractivity contribution >= 4 is 42.6 Å². The summed E-state index contributed by atoms with van der Waals surface area (Å²) in [4.78, 5) is 19.9. The van der Waals surface area contributed by atoms with Gasteiger partial charge in [0.05, 0.1) is 27.9 Å². The van der Waals surface area contributed by atoms with Gasteiger partial charge in [-0.2, -0.15) is 0 Å². The van der Waals surface area contributed by atoms with Crippen molar-refractivity contribution in [1.82, 2.24) is 9.29 Å². The molecule has 9 heteroatoms. The lowest BCUT2D eigenvalue weighted by molar-refractivity contribution is 0.0983. The second kappa shape index (κ2) is 10.1. The number of sulfonamides is 1. The molecule has 0 unspecified atom stereocenters. The van der Waals surface area contributed by atoms with Gasteiger partial charge in [0.1, 0.15) is 5.76 Å². The van der Waals surface area contributed by atoms with Crippen molar-refractivity contribution < 1.29 is 17.6 Å². The van der Waals surface area contributed by atoms with Gasteiger partial charge < -0.3 is 4.42 Å². The first kappa shape index (κ1) is 24.1. The molecule has 0 aliphatic carbocycles. The Balaban J connectivity index is 1.64. The zero-order valence-corrected chi connectivity index (χ0v) is 21.0. The zero-order valence-electron chi connectivity index (χ0n) is 19.4. The van der Waals surface area contributed by atoms with E-state index < -0.39 is 10.0 Å². The lowest BCUT2D eigenvalue weighted by Crippen LogP contribution is -2.30. The summed E-state index contributed by atoms with van der Waals surface area (Å²) in [5.41, 5.74) is 2.31. The number of hydrogen-bond acceptors (Lipinski definition) is 6. The fourth-order valence-electron chi connectivity index (χ4n) is 3.53. The number of amides is 1. The first-order valence-electron chi connectivity index (χ1n) is 11.1. The number of hydrogen-bond donors (Lipinski definition) is 0. The molecule has 2 aromatic carbocycles. The number of unbranched alkanes of at least 4 members (excludes halogenated alkanes) is 1. The van der Waals surface area contributed by atoms with Gasteiger partial charge in [-0.25, -0.2) is 17.7 Å². The third kappa shape index (κ3) is 5.06. The number of nitrogens with zero attached hydrogens (tertiary/aromatic N) is 3. The van der Waals surface area contributed by atoms with Gasteiger partial charge in [0.25, 0.3) is 5.91 Å². The average molecular weight is 498 g/mol. The maximum absolute atomic E-state index is 13.5. The summed E-state index contributed by atoms with van der Waals surface area (Å²) in [7, 11) is -2.03. The van der Waals surface area contributed by atoms with Crippen molar-refractivity contribution in [2.75, 3.05) is 18.5 Å². The summed E-state index contributed by atoms with van der Waals surface area (Å²) in [6, 6.07) is 15.6. The number of furan rings is 1. The highest BCUT2D eigenvalue weighted by Gasteiger charge is 2.25. The molecule has 0 bridgehead atoms. The smallest absolute Gasteiger partial charge is 0.260 e.